The standard InChI is InChI=1S/C18H18FN3OSe/c19-14-5-7-15(8-6-14)21-11-9-20(10-12-21)13-22-16-3-1-2-4-17(16)24-18(22)23/h1-8H,9-13H2. The van der Waals surface area contributed by atoms with Crippen LogP contribution < -0.4 is 9.33 Å². The van der Waals surface area contributed by atoms with Crippen molar-refractivity contribution in [3.63, 3.8) is 0 Å². The molecule has 2 heterocycles. The molecule has 124 valence electrons. The molecule has 0 radical (unpaired) electrons. The zero-order valence-corrected chi connectivity index (χ0v) is 14.9. The van der Waals surface area contributed by atoms with E-state index in [9.17, 15) is 9.18 Å². The van der Waals surface area contributed by atoms with E-state index in [2.05, 4.69) is 15.9 Å². The Morgan fingerprint density at radius 3 is 2.42 bits per heavy atom. The Morgan fingerprint density at radius 2 is 1.67 bits per heavy atom. The Hall–Kier alpha value is -1.88. The summed E-state index contributed by atoms with van der Waals surface area (Å²) in [5, 5.41) is 0. The first-order valence-corrected chi connectivity index (χ1v) is 9.73. The summed E-state index contributed by atoms with van der Waals surface area (Å²) in [6.45, 7) is 4.24. The van der Waals surface area contributed by atoms with E-state index in [4.69, 9.17) is 0 Å². The molecular weight excluding hydrogens is 372 g/mol. The van der Waals surface area contributed by atoms with Gasteiger partial charge in [-0.1, -0.05) is 0 Å². The molecule has 0 amide bonds. The van der Waals surface area contributed by atoms with Crippen molar-refractivity contribution in [3.8, 4) is 0 Å². The number of piperazine rings is 1. The normalized spacial score (nSPS) is 16.0. The van der Waals surface area contributed by atoms with E-state index in [-0.39, 0.29) is 24.8 Å². The maximum atomic E-state index is 13.0. The van der Waals surface area contributed by atoms with E-state index in [0.717, 1.165) is 37.4 Å². The van der Waals surface area contributed by atoms with Crippen LogP contribution in [0.5, 0.6) is 0 Å². The number of hydrogen-bond donors (Lipinski definition) is 0. The van der Waals surface area contributed by atoms with Crippen molar-refractivity contribution in [1.29, 1.82) is 0 Å². The third-order valence-corrected chi connectivity index (χ3v) is 6.49. The van der Waals surface area contributed by atoms with Crippen LogP contribution in [-0.4, -0.2) is 50.1 Å². The Bertz CT molecular complexity index is 895. The van der Waals surface area contributed by atoms with Crippen molar-refractivity contribution in [2.75, 3.05) is 31.1 Å². The Labute approximate surface area is 145 Å². The van der Waals surface area contributed by atoms with E-state index in [1.807, 2.05) is 34.9 Å². The molecule has 0 spiro atoms. The SMILES string of the molecule is O=c1[se]c2ccccc2n1CN1CCN(c2ccc(F)cc2)CC1. The van der Waals surface area contributed by atoms with Gasteiger partial charge in [0.25, 0.3) is 0 Å². The fourth-order valence-electron chi connectivity index (χ4n) is 3.15. The van der Waals surface area contributed by atoms with Crippen molar-refractivity contribution in [2.24, 2.45) is 0 Å². The van der Waals surface area contributed by atoms with Crippen molar-refractivity contribution < 1.29 is 4.39 Å². The van der Waals surface area contributed by atoms with Crippen LogP contribution in [0.4, 0.5) is 10.1 Å². The minimum atomic E-state index is -0.203. The summed E-state index contributed by atoms with van der Waals surface area (Å²) < 4.78 is 16.4. The Morgan fingerprint density at radius 1 is 0.958 bits per heavy atom. The van der Waals surface area contributed by atoms with Gasteiger partial charge in [0.1, 0.15) is 0 Å². The molecule has 4 nitrogen and oxygen atoms in total. The number of halogens is 1. The number of hydrogen-bond acceptors (Lipinski definition) is 3. The van der Waals surface area contributed by atoms with Gasteiger partial charge in [-0.25, -0.2) is 0 Å². The molecule has 1 aromatic heterocycles. The molecule has 0 bridgehead atoms. The Balaban J connectivity index is 1.45. The number of fused-ring (bicyclic) bond motifs is 1. The fourth-order valence-corrected chi connectivity index (χ4v) is 5.00. The molecule has 6 heteroatoms. The molecule has 3 aromatic rings. The van der Waals surface area contributed by atoms with Crippen molar-refractivity contribution in [3.05, 3.63) is 63.6 Å². The van der Waals surface area contributed by atoms with Crippen molar-refractivity contribution in [2.45, 2.75) is 6.67 Å². The van der Waals surface area contributed by atoms with Crippen LogP contribution in [0.2, 0.25) is 0 Å². The van der Waals surface area contributed by atoms with Crippen LogP contribution in [0.1, 0.15) is 0 Å². The molecule has 1 fully saturated rings. The average Bonchev–Trinajstić information content (AvgIpc) is 2.92. The predicted molar refractivity (Wildman–Crippen MR) is 95.3 cm³/mol. The minimum absolute atomic E-state index is 0.0907. The number of anilines is 1. The molecular formula is C18H18FN3OSe. The first-order valence-electron chi connectivity index (χ1n) is 8.02. The van der Waals surface area contributed by atoms with Crippen LogP contribution in [-0.2, 0) is 6.67 Å². The zero-order valence-electron chi connectivity index (χ0n) is 13.2. The summed E-state index contributed by atoms with van der Waals surface area (Å²) in [6, 6.07) is 14.7. The quantitative estimate of drug-likeness (QED) is 0.641. The molecule has 0 saturated carbocycles. The first kappa shape index (κ1) is 15.6. The third-order valence-electron chi connectivity index (χ3n) is 4.48. The second-order valence-electron chi connectivity index (χ2n) is 5.99. The molecule has 4 rings (SSSR count). The number of rotatable bonds is 3. The molecule has 1 saturated heterocycles. The molecule has 1 aliphatic rings. The van der Waals surface area contributed by atoms with Crippen molar-refractivity contribution >= 4 is 30.0 Å². The molecule has 0 unspecified atom stereocenters. The first-order chi connectivity index (χ1) is 11.7. The van der Waals surface area contributed by atoms with Gasteiger partial charge in [0, 0.05) is 0 Å². The van der Waals surface area contributed by atoms with E-state index in [1.54, 1.807) is 0 Å². The summed E-state index contributed by atoms with van der Waals surface area (Å²) in [5.41, 5.74) is 2.13. The number of nitrogens with zero attached hydrogens (tertiary/aromatic N) is 3. The van der Waals surface area contributed by atoms with Crippen LogP contribution >= 0.6 is 0 Å². The van der Waals surface area contributed by atoms with Gasteiger partial charge in [0.15, 0.2) is 0 Å². The zero-order chi connectivity index (χ0) is 16.5. The Kier molecular flexibility index (Phi) is 4.27. The summed E-state index contributed by atoms with van der Waals surface area (Å²) in [6.07, 6.45) is 0. The number of aromatic nitrogens is 1. The maximum absolute atomic E-state index is 13.0. The summed E-state index contributed by atoms with van der Waals surface area (Å²) in [5.74, 6) is -0.203. The van der Waals surface area contributed by atoms with Crippen LogP contribution in [0, 0.1) is 5.82 Å². The van der Waals surface area contributed by atoms with Crippen molar-refractivity contribution in [1.82, 2.24) is 9.47 Å². The van der Waals surface area contributed by atoms with Gasteiger partial charge in [0.2, 0.25) is 0 Å². The topological polar surface area (TPSA) is 28.5 Å². The molecule has 0 N–H and O–H groups in total. The van der Waals surface area contributed by atoms with E-state index in [1.165, 1.54) is 16.4 Å². The molecule has 24 heavy (non-hydrogen) atoms. The van der Waals surface area contributed by atoms with E-state index in [0.29, 0.717) is 6.67 Å². The number of benzene rings is 2. The fraction of sp³-hybridized carbons (Fsp3) is 0.278. The van der Waals surface area contributed by atoms with E-state index >= 15 is 0 Å². The predicted octanol–water partition coefficient (Wildman–Crippen LogP) is 1.98. The summed E-state index contributed by atoms with van der Waals surface area (Å²) >= 11 is -0.0907. The van der Waals surface area contributed by atoms with Gasteiger partial charge in [-0.05, 0) is 0 Å². The molecule has 1 aliphatic heterocycles. The van der Waals surface area contributed by atoms with Crippen LogP contribution in [0.25, 0.3) is 9.78 Å². The third kappa shape index (κ3) is 3.05. The summed E-state index contributed by atoms with van der Waals surface area (Å²) in [4.78, 5) is 16.9. The molecule has 0 aliphatic carbocycles. The van der Waals surface area contributed by atoms with Gasteiger partial charge in [-0.15, -0.1) is 0 Å². The van der Waals surface area contributed by atoms with E-state index < -0.39 is 0 Å². The average molecular weight is 390 g/mol. The van der Waals surface area contributed by atoms with Crippen LogP contribution in [0.3, 0.4) is 0 Å². The molecule has 0 atom stereocenters. The second kappa shape index (κ2) is 6.55. The molecule has 2 aromatic carbocycles. The monoisotopic (exact) mass is 391 g/mol. The second-order valence-corrected chi connectivity index (χ2v) is 8.07. The number of para-hydroxylation sites is 1. The van der Waals surface area contributed by atoms with Gasteiger partial charge in [-0.2, -0.15) is 0 Å². The van der Waals surface area contributed by atoms with Gasteiger partial charge in [0.05, 0.1) is 0 Å². The van der Waals surface area contributed by atoms with Crippen LogP contribution in [0.15, 0.2) is 53.3 Å². The summed E-state index contributed by atoms with van der Waals surface area (Å²) in [7, 11) is 0. The van der Waals surface area contributed by atoms with Gasteiger partial charge in [-0.3, -0.25) is 0 Å². The van der Waals surface area contributed by atoms with Gasteiger partial charge >= 0.3 is 145 Å². The van der Waals surface area contributed by atoms with Gasteiger partial charge < -0.3 is 0 Å².